The molecular weight excluding hydrogens is 362 g/mol. The van der Waals surface area contributed by atoms with Crippen LogP contribution in [0.1, 0.15) is 26.3 Å². The van der Waals surface area contributed by atoms with Crippen LogP contribution in [0.15, 0.2) is 30.5 Å². The van der Waals surface area contributed by atoms with E-state index < -0.39 is 23.6 Å². The molecule has 0 spiro atoms. The number of aromatic nitrogens is 5. The van der Waals surface area contributed by atoms with Crippen molar-refractivity contribution in [2.45, 2.75) is 38.8 Å². The standard InChI is InChI=1S/C18H23N7O3/c1-18(2,3)28-17(27)19-13(15(26)20-16-21-23-24-22-16)9-11-10-25(4)14-8-6-5-7-12(11)14/h5-8,10,13H,9H2,1-4H3,(H,19,27)(H2,20,21,22,23,24,26). The summed E-state index contributed by atoms with van der Waals surface area (Å²) in [6, 6.07) is 6.97. The van der Waals surface area contributed by atoms with Crippen molar-refractivity contribution in [2.75, 3.05) is 5.32 Å². The molecule has 2 amide bonds. The molecule has 1 unspecified atom stereocenters. The number of rotatable bonds is 5. The normalized spacial score (nSPS) is 12.6. The number of H-pyrrole nitrogens is 1. The molecule has 10 nitrogen and oxygen atoms in total. The van der Waals surface area contributed by atoms with E-state index in [4.69, 9.17) is 4.74 Å². The molecule has 0 fully saturated rings. The van der Waals surface area contributed by atoms with Crippen molar-refractivity contribution in [3.63, 3.8) is 0 Å². The Bertz CT molecular complexity index is 973. The van der Waals surface area contributed by atoms with E-state index in [-0.39, 0.29) is 12.4 Å². The van der Waals surface area contributed by atoms with Crippen molar-refractivity contribution in [3.05, 3.63) is 36.0 Å². The summed E-state index contributed by atoms with van der Waals surface area (Å²) in [6.07, 6.45) is 1.53. The third-order valence-corrected chi connectivity index (χ3v) is 3.99. The summed E-state index contributed by atoms with van der Waals surface area (Å²) < 4.78 is 7.28. The molecule has 148 valence electrons. The van der Waals surface area contributed by atoms with E-state index in [1.807, 2.05) is 42.1 Å². The number of ether oxygens (including phenoxy) is 1. The van der Waals surface area contributed by atoms with Gasteiger partial charge in [-0.2, -0.15) is 5.21 Å². The zero-order valence-electron chi connectivity index (χ0n) is 16.2. The molecule has 3 aromatic rings. The molecular formula is C18H23N7O3. The van der Waals surface area contributed by atoms with Gasteiger partial charge in [-0.15, -0.1) is 5.10 Å². The second-order valence-corrected chi connectivity index (χ2v) is 7.41. The zero-order valence-corrected chi connectivity index (χ0v) is 16.2. The van der Waals surface area contributed by atoms with Gasteiger partial charge in [0.2, 0.25) is 5.91 Å². The molecule has 2 aromatic heterocycles. The molecule has 0 saturated carbocycles. The number of aromatic amines is 1. The van der Waals surface area contributed by atoms with E-state index in [0.717, 1.165) is 16.5 Å². The van der Waals surface area contributed by atoms with Crippen LogP contribution in [0.4, 0.5) is 10.7 Å². The smallest absolute Gasteiger partial charge is 0.408 e. The van der Waals surface area contributed by atoms with Crippen molar-refractivity contribution >= 4 is 28.9 Å². The van der Waals surface area contributed by atoms with Crippen molar-refractivity contribution in [2.24, 2.45) is 7.05 Å². The van der Waals surface area contributed by atoms with Gasteiger partial charge in [0.15, 0.2) is 0 Å². The number of para-hydroxylation sites is 1. The highest BCUT2D eigenvalue weighted by Crippen LogP contribution is 2.22. The first kappa shape index (κ1) is 19.3. The summed E-state index contributed by atoms with van der Waals surface area (Å²) in [5.41, 5.74) is 1.27. The van der Waals surface area contributed by atoms with Crippen LogP contribution in [0.3, 0.4) is 0 Å². The minimum atomic E-state index is -0.890. The van der Waals surface area contributed by atoms with E-state index >= 15 is 0 Å². The van der Waals surface area contributed by atoms with Crippen molar-refractivity contribution < 1.29 is 14.3 Å². The second-order valence-electron chi connectivity index (χ2n) is 7.41. The van der Waals surface area contributed by atoms with Crippen LogP contribution < -0.4 is 10.6 Å². The predicted molar refractivity (Wildman–Crippen MR) is 103 cm³/mol. The third-order valence-electron chi connectivity index (χ3n) is 3.99. The quantitative estimate of drug-likeness (QED) is 0.614. The zero-order chi connectivity index (χ0) is 20.3. The van der Waals surface area contributed by atoms with Crippen LogP contribution in [-0.4, -0.2) is 48.8 Å². The lowest BCUT2D eigenvalue weighted by Crippen LogP contribution is -2.47. The maximum Gasteiger partial charge on any atom is 0.408 e. The summed E-state index contributed by atoms with van der Waals surface area (Å²) in [4.78, 5) is 25.0. The van der Waals surface area contributed by atoms with Crippen LogP contribution in [0.25, 0.3) is 10.9 Å². The number of carbonyl (C=O) groups is 2. The van der Waals surface area contributed by atoms with Crippen molar-refractivity contribution in [1.82, 2.24) is 30.5 Å². The molecule has 0 aliphatic carbocycles. The van der Waals surface area contributed by atoms with Crippen molar-refractivity contribution in [1.29, 1.82) is 0 Å². The average Bonchev–Trinajstić information content (AvgIpc) is 3.21. The van der Waals surface area contributed by atoms with Gasteiger partial charge in [-0.3, -0.25) is 10.1 Å². The van der Waals surface area contributed by atoms with Crippen LogP contribution in [0.2, 0.25) is 0 Å². The number of alkyl carbamates (subject to hydrolysis) is 1. The number of amides is 2. The first-order chi connectivity index (χ1) is 13.2. The van der Waals surface area contributed by atoms with E-state index in [1.165, 1.54) is 0 Å². The minimum absolute atomic E-state index is 0.0268. The number of tetrazole rings is 1. The number of hydrogen-bond acceptors (Lipinski definition) is 6. The molecule has 28 heavy (non-hydrogen) atoms. The van der Waals surface area contributed by atoms with Gasteiger partial charge in [-0.25, -0.2) is 4.79 Å². The SMILES string of the molecule is Cn1cc(CC(NC(=O)OC(C)(C)C)C(=O)Nc2nn[nH]n2)c2ccccc21. The van der Waals surface area contributed by atoms with Crippen molar-refractivity contribution in [3.8, 4) is 0 Å². The van der Waals surface area contributed by atoms with E-state index in [9.17, 15) is 9.59 Å². The number of benzene rings is 1. The molecule has 0 aliphatic rings. The Morgan fingerprint density at radius 1 is 1.29 bits per heavy atom. The molecule has 2 heterocycles. The maximum absolute atomic E-state index is 12.7. The summed E-state index contributed by atoms with van der Waals surface area (Å²) >= 11 is 0. The number of carbonyl (C=O) groups excluding carboxylic acids is 2. The molecule has 1 atom stereocenters. The van der Waals surface area contributed by atoms with Gasteiger partial charge in [0, 0.05) is 30.6 Å². The first-order valence-electron chi connectivity index (χ1n) is 8.80. The summed E-state index contributed by atoms with van der Waals surface area (Å²) in [5, 5.41) is 19.3. The highest BCUT2D eigenvalue weighted by molar-refractivity contribution is 5.96. The van der Waals surface area contributed by atoms with Crippen LogP contribution in [0, 0.1) is 0 Å². The number of aryl methyl sites for hydroxylation is 1. The van der Waals surface area contributed by atoms with E-state index in [0.29, 0.717) is 0 Å². The van der Waals surface area contributed by atoms with E-state index in [2.05, 4.69) is 31.3 Å². The molecule has 0 bridgehead atoms. The first-order valence-corrected chi connectivity index (χ1v) is 8.80. The largest absolute Gasteiger partial charge is 0.444 e. The maximum atomic E-state index is 12.7. The molecule has 0 aliphatic heterocycles. The average molecular weight is 385 g/mol. The topological polar surface area (TPSA) is 127 Å². The van der Waals surface area contributed by atoms with Gasteiger partial charge in [-0.1, -0.05) is 23.3 Å². The molecule has 0 radical (unpaired) electrons. The van der Waals surface area contributed by atoms with Crippen LogP contribution in [0.5, 0.6) is 0 Å². The Balaban J connectivity index is 1.84. The number of nitrogens with one attached hydrogen (secondary N) is 3. The van der Waals surface area contributed by atoms with Gasteiger partial charge in [-0.05, 0) is 37.6 Å². The fourth-order valence-electron chi connectivity index (χ4n) is 2.88. The third kappa shape index (κ3) is 4.64. The number of hydrogen-bond donors (Lipinski definition) is 3. The van der Waals surface area contributed by atoms with Gasteiger partial charge < -0.3 is 14.6 Å². The Morgan fingerprint density at radius 3 is 2.71 bits per heavy atom. The minimum Gasteiger partial charge on any atom is -0.444 e. The Morgan fingerprint density at radius 2 is 2.04 bits per heavy atom. The fourth-order valence-corrected chi connectivity index (χ4v) is 2.88. The predicted octanol–water partition coefficient (Wildman–Crippen LogP) is 1.77. The lowest BCUT2D eigenvalue weighted by Gasteiger charge is -2.23. The summed E-state index contributed by atoms with van der Waals surface area (Å²) in [6.45, 7) is 5.27. The van der Waals surface area contributed by atoms with Gasteiger partial charge in [0.05, 0.1) is 0 Å². The molecule has 10 heteroatoms. The number of anilines is 1. The van der Waals surface area contributed by atoms with Crippen LogP contribution >= 0.6 is 0 Å². The Hall–Kier alpha value is -3.43. The van der Waals surface area contributed by atoms with Crippen LogP contribution in [-0.2, 0) is 23.0 Å². The lowest BCUT2D eigenvalue weighted by atomic mass is 10.0. The Kier molecular flexibility index (Phi) is 5.30. The number of fused-ring (bicyclic) bond motifs is 1. The summed E-state index contributed by atoms with van der Waals surface area (Å²) in [5.74, 6) is -0.445. The van der Waals surface area contributed by atoms with E-state index in [1.54, 1.807) is 20.8 Å². The summed E-state index contributed by atoms with van der Waals surface area (Å²) in [7, 11) is 1.93. The van der Waals surface area contributed by atoms with Gasteiger partial charge in [0.1, 0.15) is 11.6 Å². The highest BCUT2D eigenvalue weighted by atomic mass is 16.6. The molecule has 3 N–H and O–H groups in total. The second kappa shape index (κ2) is 7.67. The van der Waals surface area contributed by atoms with Gasteiger partial charge in [0.25, 0.3) is 5.95 Å². The monoisotopic (exact) mass is 385 g/mol. The number of nitrogens with zero attached hydrogens (tertiary/aromatic N) is 4. The fraction of sp³-hybridized carbons (Fsp3) is 0.389. The lowest BCUT2D eigenvalue weighted by molar-refractivity contribution is -0.118. The molecule has 0 saturated heterocycles. The Labute approximate surface area is 161 Å². The molecule has 3 rings (SSSR count). The highest BCUT2D eigenvalue weighted by Gasteiger charge is 2.26. The molecule has 1 aromatic carbocycles. The van der Waals surface area contributed by atoms with Gasteiger partial charge >= 0.3 is 6.09 Å².